The molecule has 0 bridgehead atoms. The van der Waals surface area contributed by atoms with Gasteiger partial charge in [-0.15, -0.1) is 0 Å². The lowest BCUT2D eigenvalue weighted by molar-refractivity contribution is 0.181. The molecule has 0 unspecified atom stereocenters. The third-order valence-electron chi connectivity index (χ3n) is 4.85. The standard InChI is InChI=1S/C20H24N2O3S/c1-26(24,25)19-9-7-16(8-10-19)15-21-20(23)22-13-11-18(12-14-22)17-5-3-2-4-6-17/h2-10,18H,11-15H2,1H3,(H,21,23). The van der Waals surface area contributed by atoms with Gasteiger partial charge in [0.15, 0.2) is 9.84 Å². The molecule has 26 heavy (non-hydrogen) atoms. The van der Waals surface area contributed by atoms with E-state index >= 15 is 0 Å². The number of hydrogen-bond donors (Lipinski definition) is 1. The molecule has 1 heterocycles. The molecule has 0 spiro atoms. The average Bonchev–Trinajstić information content (AvgIpc) is 2.66. The summed E-state index contributed by atoms with van der Waals surface area (Å²) in [5.41, 5.74) is 2.23. The molecule has 3 rings (SSSR count). The molecule has 1 aliphatic rings. The van der Waals surface area contributed by atoms with Crippen LogP contribution in [0.1, 0.15) is 29.9 Å². The zero-order valence-electron chi connectivity index (χ0n) is 14.9. The van der Waals surface area contributed by atoms with Gasteiger partial charge in [0.05, 0.1) is 4.90 Å². The lowest BCUT2D eigenvalue weighted by Crippen LogP contribution is -2.43. The first kappa shape index (κ1) is 18.5. The smallest absolute Gasteiger partial charge is 0.317 e. The van der Waals surface area contributed by atoms with E-state index in [1.165, 1.54) is 11.8 Å². The fourth-order valence-corrected chi connectivity index (χ4v) is 3.92. The molecule has 1 aliphatic heterocycles. The van der Waals surface area contributed by atoms with Gasteiger partial charge in [-0.2, -0.15) is 0 Å². The number of piperidine rings is 1. The van der Waals surface area contributed by atoms with E-state index in [4.69, 9.17) is 0 Å². The van der Waals surface area contributed by atoms with Gasteiger partial charge in [0.2, 0.25) is 0 Å². The van der Waals surface area contributed by atoms with Crippen LogP contribution in [0.4, 0.5) is 4.79 Å². The predicted octanol–water partition coefficient (Wildman–Crippen LogP) is 3.18. The van der Waals surface area contributed by atoms with Crippen molar-refractivity contribution < 1.29 is 13.2 Å². The van der Waals surface area contributed by atoms with Crippen LogP contribution in [0, 0.1) is 0 Å². The Bertz CT molecular complexity index is 840. The second-order valence-electron chi connectivity index (χ2n) is 6.75. The van der Waals surface area contributed by atoms with Gasteiger partial charge in [-0.05, 0) is 42.0 Å². The van der Waals surface area contributed by atoms with E-state index < -0.39 is 9.84 Å². The third kappa shape index (κ3) is 4.64. The quantitative estimate of drug-likeness (QED) is 0.896. The first-order valence-electron chi connectivity index (χ1n) is 8.80. The van der Waals surface area contributed by atoms with Crippen LogP contribution in [-0.2, 0) is 16.4 Å². The summed E-state index contributed by atoms with van der Waals surface area (Å²) < 4.78 is 22.9. The molecule has 0 radical (unpaired) electrons. The van der Waals surface area contributed by atoms with Crippen molar-refractivity contribution in [3.63, 3.8) is 0 Å². The van der Waals surface area contributed by atoms with Crippen molar-refractivity contribution in [2.24, 2.45) is 0 Å². The Balaban J connectivity index is 1.49. The highest BCUT2D eigenvalue weighted by molar-refractivity contribution is 7.90. The predicted molar refractivity (Wildman–Crippen MR) is 102 cm³/mol. The van der Waals surface area contributed by atoms with Crippen molar-refractivity contribution >= 4 is 15.9 Å². The maximum atomic E-state index is 12.4. The largest absolute Gasteiger partial charge is 0.334 e. The van der Waals surface area contributed by atoms with E-state index in [1.807, 2.05) is 11.0 Å². The van der Waals surface area contributed by atoms with Crippen molar-refractivity contribution in [1.82, 2.24) is 10.2 Å². The summed E-state index contributed by atoms with van der Waals surface area (Å²) >= 11 is 0. The highest BCUT2D eigenvalue weighted by Crippen LogP contribution is 2.27. The zero-order valence-corrected chi connectivity index (χ0v) is 15.7. The summed E-state index contributed by atoms with van der Waals surface area (Å²) in [6.07, 6.45) is 3.13. The number of urea groups is 1. The topological polar surface area (TPSA) is 66.5 Å². The molecule has 1 saturated heterocycles. The summed E-state index contributed by atoms with van der Waals surface area (Å²) in [5, 5.41) is 2.92. The Morgan fingerprint density at radius 1 is 1.04 bits per heavy atom. The minimum absolute atomic E-state index is 0.0660. The lowest BCUT2D eigenvalue weighted by atomic mass is 9.90. The normalized spacial score (nSPS) is 15.7. The summed E-state index contributed by atoms with van der Waals surface area (Å²) in [6.45, 7) is 1.89. The number of carbonyl (C=O) groups is 1. The number of hydrogen-bond acceptors (Lipinski definition) is 3. The van der Waals surface area contributed by atoms with Gasteiger partial charge in [-0.25, -0.2) is 13.2 Å². The first-order valence-corrected chi connectivity index (χ1v) is 10.7. The molecule has 1 N–H and O–H groups in total. The van der Waals surface area contributed by atoms with E-state index in [2.05, 4.69) is 29.6 Å². The maximum absolute atomic E-state index is 12.4. The summed E-state index contributed by atoms with van der Waals surface area (Å²) in [5.74, 6) is 0.517. The van der Waals surface area contributed by atoms with Crippen LogP contribution in [0.2, 0.25) is 0 Å². The fourth-order valence-electron chi connectivity index (χ4n) is 3.29. The third-order valence-corrected chi connectivity index (χ3v) is 5.98. The Hall–Kier alpha value is -2.34. The van der Waals surface area contributed by atoms with Crippen molar-refractivity contribution in [1.29, 1.82) is 0 Å². The Labute approximate surface area is 154 Å². The number of carbonyl (C=O) groups excluding carboxylic acids is 1. The van der Waals surface area contributed by atoms with Crippen LogP contribution >= 0.6 is 0 Å². The zero-order chi connectivity index (χ0) is 18.6. The molecule has 2 aromatic rings. The minimum atomic E-state index is -3.19. The van der Waals surface area contributed by atoms with E-state index in [-0.39, 0.29) is 10.9 Å². The van der Waals surface area contributed by atoms with Crippen molar-refractivity contribution in [3.8, 4) is 0 Å². The summed E-state index contributed by atoms with van der Waals surface area (Å²) in [6, 6.07) is 17.0. The highest BCUT2D eigenvalue weighted by atomic mass is 32.2. The fraction of sp³-hybridized carbons (Fsp3) is 0.350. The monoisotopic (exact) mass is 372 g/mol. The number of nitrogens with zero attached hydrogens (tertiary/aromatic N) is 1. The molecule has 0 saturated carbocycles. The van der Waals surface area contributed by atoms with Gasteiger partial charge in [-0.1, -0.05) is 42.5 Å². The SMILES string of the molecule is CS(=O)(=O)c1ccc(CNC(=O)N2CCC(c3ccccc3)CC2)cc1. The average molecular weight is 372 g/mol. The highest BCUT2D eigenvalue weighted by Gasteiger charge is 2.23. The molecule has 5 nitrogen and oxygen atoms in total. The molecule has 138 valence electrons. The van der Waals surface area contributed by atoms with Crippen molar-refractivity contribution in [2.45, 2.75) is 30.2 Å². The Morgan fingerprint density at radius 3 is 2.23 bits per heavy atom. The maximum Gasteiger partial charge on any atom is 0.317 e. The van der Waals surface area contributed by atoms with Crippen LogP contribution in [0.15, 0.2) is 59.5 Å². The van der Waals surface area contributed by atoms with E-state index in [0.29, 0.717) is 12.5 Å². The number of amides is 2. The van der Waals surface area contributed by atoms with Gasteiger partial charge in [0.1, 0.15) is 0 Å². The van der Waals surface area contributed by atoms with E-state index in [9.17, 15) is 13.2 Å². The van der Waals surface area contributed by atoms with Gasteiger partial charge < -0.3 is 10.2 Å². The van der Waals surface area contributed by atoms with Crippen LogP contribution in [0.5, 0.6) is 0 Å². The Morgan fingerprint density at radius 2 is 1.65 bits per heavy atom. The molecule has 2 amide bonds. The van der Waals surface area contributed by atoms with Crippen LogP contribution in [0.25, 0.3) is 0 Å². The number of likely N-dealkylation sites (tertiary alicyclic amines) is 1. The number of sulfone groups is 1. The molecule has 6 heteroatoms. The summed E-state index contributed by atoms with van der Waals surface area (Å²) in [4.78, 5) is 14.5. The number of nitrogens with one attached hydrogen (secondary N) is 1. The molecule has 0 aliphatic carbocycles. The van der Waals surface area contributed by atoms with Gasteiger partial charge in [0, 0.05) is 25.9 Å². The molecular weight excluding hydrogens is 348 g/mol. The molecular formula is C20H24N2O3S. The van der Waals surface area contributed by atoms with Crippen molar-refractivity contribution in [2.75, 3.05) is 19.3 Å². The Kier molecular flexibility index (Phi) is 5.61. The second kappa shape index (κ2) is 7.91. The van der Waals surface area contributed by atoms with E-state index in [1.54, 1.807) is 24.3 Å². The van der Waals surface area contributed by atoms with Crippen LogP contribution in [-0.4, -0.2) is 38.7 Å². The van der Waals surface area contributed by atoms with Gasteiger partial charge >= 0.3 is 6.03 Å². The van der Waals surface area contributed by atoms with Crippen LogP contribution in [0.3, 0.4) is 0 Å². The molecule has 0 atom stereocenters. The molecule has 1 fully saturated rings. The van der Waals surface area contributed by atoms with Gasteiger partial charge in [-0.3, -0.25) is 0 Å². The minimum Gasteiger partial charge on any atom is -0.334 e. The summed E-state index contributed by atoms with van der Waals surface area (Å²) in [7, 11) is -3.19. The van der Waals surface area contributed by atoms with E-state index in [0.717, 1.165) is 31.5 Å². The number of benzene rings is 2. The van der Waals surface area contributed by atoms with Crippen LogP contribution < -0.4 is 5.32 Å². The number of rotatable bonds is 4. The second-order valence-corrected chi connectivity index (χ2v) is 8.76. The first-order chi connectivity index (χ1) is 12.4. The lowest BCUT2D eigenvalue weighted by Gasteiger charge is -2.32. The molecule has 0 aromatic heterocycles. The van der Waals surface area contributed by atoms with Crippen molar-refractivity contribution in [3.05, 3.63) is 65.7 Å². The molecule has 2 aromatic carbocycles. The van der Waals surface area contributed by atoms with Gasteiger partial charge in [0.25, 0.3) is 0 Å².